The number of aromatic nitrogens is 1. The molecule has 1 saturated heterocycles. The van der Waals surface area contributed by atoms with Crippen LogP contribution in [0.1, 0.15) is 37.0 Å². The number of carbonyl (C=O) groups excluding carboxylic acids is 1. The molecule has 2 aromatic carbocycles. The summed E-state index contributed by atoms with van der Waals surface area (Å²) in [4.78, 5) is 21.2. The minimum Gasteiger partial charge on any atom is -0.494 e. The number of hydrogen-bond acceptors (Lipinski definition) is 6. The Morgan fingerprint density at radius 1 is 1.39 bits per heavy atom. The molecule has 164 valence electrons. The lowest BCUT2D eigenvalue weighted by Crippen LogP contribution is -2.37. The fraction of sp³-hybridized carbons (Fsp3) is 0.391. The van der Waals surface area contributed by atoms with E-state index in [0.29, 0.717) is 38.8 Å². The first-order valence-corrected chi connectivity index (χ1v) is 12.4. The Hall–Kier alpha value is -1.80. The van der Waals surface area contributed by atoms with Crippen LogP contribution < -0.4 is 9.64 Å². The largest absolute Gasteiger partial charge is 0.494 e. The van der Waals surface area contributed by atoms with Crippen molar-refractivity contribution in [3.8, 4) is 5.75 Å². The SMILES string of the molecule is COc1ccc(Cl)c2sc(N(CC3CCCO3)C(=O)c3cccc(SC(C)C)c3)nc12. The summed E-state index contributed by atoms with van der Waals surface area (Å²) in [5.74, 6) is 0.553. The standard InChI is InChI=1S/C23H25ClN2O3S2/c1-14(2)30-17-8-4-6-15(12-17)22(27)26(13-16-7-5-11-29-16)23-25-20-19(28-3)10-9-18(24)21(20)31-23/h4,6,8-10,12,14,16H,5,7,11,13H2,1-3H3. The number of ether oxygens (including phenoxy) is 2. The van der Waals surface area contributed by atoms with Gasteiger partial charge in [-0.25, -0.2) is 4.98 Å². The first-order valence-electron chi connectivity index (χ1n) is 10.3. The number of anilines is 1. The van der Waals surface area contributed by atoms with Crippen molar-refractivity contribution >= 4 is 56.0 Å². The van der Waals surface area contributed by atoms with Gasteiger partial charge in [0.25, 0.3) is 5.91 Å². The van der Waals surface area contributed by atoms with Gasteiger partial charge >= 0.3 is 0 Å². The maximum absolute atomic E-state index is 13.7. The molecule has 0 spiro atoms. The van der Waals surface area contributed by atoms with Gasteiger partial charge in [-0.2, -0.15) is 0 Å². The highest BCUT2D eigenvalue weighted by Crippen LogP contribution is 2.39. The lowest BCUT2D eigenvalue weighted by Gasteiger charge is -2.23. The molecule has 1 unspecified atom stereocenters. The minimum atomic E-state index is -0.0872. The summed E-state index contributed by atoms with van der Waals surface area (Å²) < 4.78 is 12.1. The summed E-state index contributed by atoms with van der Waals surface area (Å²) in [6.45, 7) is 5.47. The van der Waals surface area contributed by atoms with Crippen LogP contribution in [0.5, 0.6) is 5.75 Å². The number of carbonyl (C=O) groups is 1. The summed E-state index contributed by atoms with van der Waals surface area (Å²) in [5.41, 5.74) is 1.31. The third kappa shape index (κ3) is 5.00. The van der Waals surface area contributed by atoms with Crippen molar-refractivity contribution in [3.63, 3.8) is 0 Å². The van der Waals surface area contributed by atoms with Gasteiger partial charge in [0, 0.05) is 22.3 Å². The van der Waals surface area contributed by atoms with Gasteiger partial charge in [-0.3, -0.25) is 9.69 Å². The molecule has 4 rings (SSSR count). The van der Waals surface area contributed by atoms with Gasteiger partial charge in [-0.15, -0.1) is 11.8 Å². The molecule has 5 nitrogen and oxygen atoms in total. The van der Waals surface area contributed by atoms with E-state index in [2.05, 4.69) is 13.8 Å². The molecule has 0 N–H and O–H groups in total. The molecule has 31 heavy (non-hydrogen) atoms. The Morgan fingerprint density at radius 2 is 2.23 bits per heavy atom. The predicted molar refractivity (Wildman–Crippen MR) is 129 cm³/mol. The van der Waals surface area contributed by atoms with Crippen LogP contribution in [0, 0.1) is 0 Å². The van der Waals surface area contributed by atoms with Gasteiger partial charge in [0.05, 0.1) is 29.5 Å². The van der Waals surface area contributed by atoms with Crippen LogP contribution in [0.25, 0.3) is 10.2 Å². The number of methoxy groups -OCH3 is 1. The number of halogens is 1. The summed E-state index contributed by atoms with van der Waals surface area (Å²) in [7, 11) is 1.61. The zero-order valence-corrected chi connectivity index (χ0v) is 20.1. The summed E-state index contributed by atoms with van der Waals surface area (Å²) >= 11 is 9.57. The van der Waals surface area contributed by atoms with Crippen molar-refractivity contribution < 1.29 is 14.3 Å². The summed E-state index contributed by atoms with van der Waals surface area (Å²) in [6, 6.07) is 11.4. The molecular weight excluding hydrogens is 452 g/mol. The van der Waals surface area contributed by atoms with Gasteiger partial charge in [0.1, 0.15) is 11.3 Å². The van der Waals surface area contributed by atoms with Gasteiger partial charge in [-0.1, -0.05) is 42.9 Å². The average molecular weight is 477 g/mol. The normalized spacial score (nSPS) is 16.2. The molecule has 0 saturated carbocycles. The van der Waals surface area contributed by atoms with Crippen LogP contribution >= 0.6 is 34.7 Å². The van der Waals surface area contributed by atoms with Crippen LogP contribution in [0.2, 0.25) is 5.02 Å². The van der Waals surface area contributed by atoms with Gasteiger partial charge in [-0.05, 0) is 43.2 Å². The Morgan fingerprint density at radius 3 is 2.94 bits per heavy atom. The van der Waals surface area contributed by atoms with Crippen LogP contribution in [-0.2, 0) is 4.74 Å². The van der Waals surface area contributed by atoms with Crippen molar-refractivity contribution in [3.05, 3.63) is 47.0 Å². The summed E-state index contributed by atoms with van der Waals surface area (Å²) in [6.07, 6.45) is 1.94. The quantitative estimate of drug-likeness (QED) is 0.375. The highest BCUT2D eigenvalue weighted by Gasteiger charge is 2.28. The molecule has 1 aromatic heterocycles. The first-order chi connectivity index (χ1) is 15.0. The Bertz CT molecular complexity index is 1080. The van der Waals surface area contributed by atoms with Crippen LogP contribution in [0.15, 0.2) is 41.3 Å². The second-order valence-corrected chi connectivity index (χ2v) is 10.7. The monoisotopic (exact) mass is 476 g/mol. The summed E-state index contributed by atoms with van der Waals surface area (Å²) in [5, 5.41) is 1.63. The number of fused-ring (bicyclic) bond motifs is 1. The Kier molecular flexibility index (Phi) is 7.06. The van der Waals surface area contributed by atoms with Gasteiger partial charge in [0.15, 0.2) is 5.13 Å². The zero-order valence-electron chi connectivity index (χ0n) is 17.8. The van der Waals surface area contributed by atoms with Gasteiger partial charge in [0.2, 0.25) is 0 Å². The molecule has 0 bridgehead atoms. The third-order valence-corrected chi connectivity index (χ3v) is 7.54. The molecule has 0 radical (unpaired) electrons. The van der Waals surface area contributed by atoms with Crippen molar-refractivity contribution in [1.82, 2.24) is 4.98 Å². The van der Waals surface area contributed by atoms with E-state index in [0.717, 1.165) is 29.0 Å². The zero-order chi connectivity index (χ0) is 22.0. The Labute approximate surface area is 195 Å². The van der Waals surface area contributed by atoms with E-state index in [9.17, 15) is 4.79 Å². The number of thioether (sulfide) groups is 1. The van der Waals surface area contributed by atoms with E-state index in [-0.39, 0.29) is 12.0 Å². The van der Waals surface area contributed by atoms with E-state index >= 15 is 0 Å². The van der Waals surface area contributed by atoms with E-state index in [1.807, 2.05) is 24.3 Å². The highest BCUT2D eigenvalue weighted by molar-refractivity contribution is 7.99. The van der Waals surface area contributed by atoms with Crippen molar-refractivity contribution in [2.24, 2.45) is 0 Å². The smallest absolute Gasteiger partial charge is 0.260 e. The van der Waals surface area contributed by atoms with E-state index in [1.54, 1.807) is 35.9 Å². The maximum atomic E-state index is 13.7. The van der Waals surface area contributed by atoms with E-state index in [4.69, 9.17) is 26.1 Å². The lowest BCUT2D eigenvalue weighted by atomic mass is 10.2. The highest BCUT2D eigenvalue weighted by atomic mass is 35.5. The maximum Gasteiger partial charge on any atom is 0.260 e. The predicted octanol–water partition coefficient (Wildman–Crippen LogP) is 6.28. The molecule has 8 heteroatoms. The van der Waals surface area contributed by atoms with Crippen molar-refractivity contribution in [1.29, 1.82) is 0 Å². The second kappa shape index (κ2) is 9.77. The van der Waals surface area contributed by atoms with E-state index < -0.39 is 0 Å². The molecule has 1 fully saturated rings. The van der Waals surface area contributed by atoms with Crippen molar-refractivity contribution in [2.45, 2.75) is 42.9 Å². The average Bonchev–Trinajstić information content (AvgIpc) is 3.42. The van der Waals surface area contributed by atoms with Crippen LogP contribution in [-0.4, -0.2) is 42.5 Å². The van der Waals surface area contributed by atoms with Crippen LogP contribution in [0.4, 0.5) is 5.13 Å². The first kappa shape index (κ1) is 22.4. The number of nitrogens with zero attached hydrogens (tertiary/aromatic N) is 2. The molecule has 0 aliphatic carbocycles. The fourth-order valence-corrected chi connectivity index (χ4v) is 5.75. The topological polar surface area (TPSA) is 51.7 Å². The number of hydrogen-bond donors (Lipinski definition) is 0. The number of rotatable bonds is 7. The Balaban J connectivity index is 1.73. The number of thiazole rings is 1. The number of benzene rings is 2. The van der Waals surface area contributed by atoms with Crippen molar-refractivity contribution in [2.75, 3.05) is 25.2 Å². The molecule has 1 atom stereocenters. The molecule has 3 aromatic rings. The lowest BCUT2D eigenvalue weighted by molar-refractivity contribution is 0.0917. The van der Waals surface area contributed by atoms with Gasteiger partial charge < -0.3 is 9.47 Å². The molecule has 1 amide bonds. The fourth-order valence-electron chi connectivity index (χ4n) is 3.59. The molecule has 2 heterocycles. The molecule has 1 aliphatic heterocycles. The van der Waals surface area contributed by atoms with E-state index in [1.165, 1.54) is 11.3 Å². The second-order valence-electron chi connectivity index (χ2n) is 7.67. The number of amides is 1. The molecular formula is C23H25ClN2O3S2. The minimum absolute atomic E-state index is 0.00144. The third-order valence-electron chi connectivity index (χ3n) is 5.01. The van der Waals surface area contributed by atoms with Crippen LogP contribution in [0.3, 0.4) is 0 Å². The molecule has 1 aliphatic rings.